The van der Waals surface area contributed by atoms with Gasteiger partial charge in [0.25, 0.3) is 0 Å². The minimum atomic E-state index is -1.06. The highest BCUT2D eigenvalue weighted by Gasteiger charge is 2.19. The lowest BCUT2D eigenvalue weighted by molar-refractivity contribution is -0.109. The Morgan fingerprint density at radius 1 is 1.55 bits per heavy atom. The van der Waals surface area contributed by atoms with Crippen molar-refractivity contribution >= 4 is 51.5 Å². The summed E-state index contributed by atoms with van der Waals surface area (Å²) in [5.74, 6) is 0.453. The standard InChI is InChI=1S/C13H14ClNO3S2/c1-8(16)20-5-4-12(17)13(18)9-2-3-11(15-7-19)10(14)6-9/h2-3,6,12-13,17-18H,4-5H2,1H3. The van der Waals surface area contributed by atoms with Crippen molar-refractivity contribution in [2.75, 3.05) is 5.75 Å². The van der Waals surface area contributed by atoms with E-state index >= 15 is 0 Å². The summed E-state index contributed by atoms with van der Waals surface area (Å²) in [6.07, 6.45) is -1.72. The maximum absolute atomic E-state index is 10.8. The summed E-state index contributed by atoms with van der Waals surface area (Å²) >= 11 is 11.6. The molecule has 2 N–H and O–H groups in total. The molecule has 0 saturated heterocycles. The number of carbonyl (C=O) groups is 1. The minimum Gasteiger partial charge on any atom is -0.390 e. The van der Waals surface area contributed by atoms with Gasteiger partial charge in [-0.05, 0) is 36.3 Å². The highest BCUT2D eigenvalue weighted by molar-refractivity contribution is 8.13. The zero-order valence-corrected chi connectivity index (χ0v) is 13.1. The molecular formula is C13H14ClNO3S2. The summed E-state index contributed by atoms with van der Waals surface area (Å²) in [5.41, 5.74) is 0.942. The Morgan fingerprint density at radius 3 is 2.80 bits per heavy atom. The smallest absolute Gasteiger partial charge is 0.185 e. The number of thiocarbonyl (C=S) groups is 1. The third-order valence-corrected chi connectivity index (χ3v) is 3.80. The summed E-state index contributed by atoms with van der Waals surface area (Å²) in [6.45, 7) is 1.46. The Morgan fingerprint density at radius 2 is 2.25 bits per heavy atom. The maximum atomic E-state index is 10.8. The Bertz CT molecular complexity index is 532. The van der Waals surface area contributed by atoms with Crippen LogP contribution in [0.4, 0.5) is 5.69 Å². The third-order valence-electron chi connectivity index (χ3n) is 2.56. The lowest BCUT2D eigenvalue weighted by atomic mass is 10.0. The second kappa shape index (κ2) is 8.52. The fourth-order valence-corrected chi connectivity index (χ4v) is 2.53. The number of hydrogen-bond donors (Lipinski definition) is 2. The van der Waals surface area contributed by atoms with Crippen LogP contribution in [0.15, 0.2) is 23.2 Å². The zero-order chi connectivity index (χ0) is 15.1. The number of aliphatic hydroxyl groups is 2. The molecule has 0 amide bonds. The molecule has 0 saturated carbocycles. The predicted molar refractivity (Wildman–Crippen MR) is 84.9 cm³/mol. The number of aliphatic hydroxyl groups excluding tert-OH is 2. The third kappa shape index (κ3) is 5.32. The Labute approximate surface area is 131 Å². The van der Waals surface area contributed by atoms with E-state index in [2.05, 4.69) is 22.4 Å². The van der Waals surface area contributed by atoms with E-state index in [-0.39, 0.29) is 5.12 Å². The zero-order valence-electron chi connectivity index (χ0n) is 10.7. The molecule has 1 rings (SSSR count). The number of halogens is 1. The molecule has 0 aliphatic heterocycles. The van der Waals surface area contributed by atoms with Crippen LogP contribution >= 0.6 is 35.6 Å². The largest absolute Gasteiger partial charge is 0.390 e. The van der Waals surface area contributed by atoms with Gasteiger partial charge in [-0.15, -0.1) is 0 Å². The molecule has 0 aliphatic rings. The van der Waals surface area contributed by atoms with Gasteiger partial charge in [0.1, 0.15) is 6.10 Å². The molecule has 4 nitrogen and oxygen atoms in total. The first-order valence-electron chi connectivity index (χ1n) is 5.82. The van der Waals surface area contributed by atoms with Gasteiger partial charge in [0.05, 0.1) is 22.0 Å². The molecule has 0 spiro atoms. The Hall–Kier alpha value is -0.750. The lowest BCUT2D eigenvalue weighted by Gasteiger charge is -2.18. The summed E-state index contributed by atoms with van der Waals surface area (Å²) in [6, 6.07) is 4.74. The van der Waals surface area contributed by atoms with E-state index in [9.17, 15) is 15.0 Å². The van der Waals surface area contributed by atoms with Crippen LogP contribution in [0.3, 0.4) is 0 Å². The molecule has 0 bridgehead atoms. The van der Waals surface area contributed by atoms with Crippen molar-refractivity contribution in [1.82, 2.24) is 0 Å². The number of rotatable bonds is 6. The molecule has 108 valence electrons. The highest BCUT2D eigenvalue weighted by Crippen LogP contribution is 2.29. The van der Waals surface area contributed by atoms with E-state index in [1.807, 2.05) is 0 Å². The van der Waals surface area contributed by atoms with Gasteiger partial charge in [0.15, 0.2) is 5.12 Å². The first-order chi connectivity index (χ1) is 9.45. The molecule has 1 aromatic carbocycles. The van der Waals surface area contributed by atoms with Crippen LogP contribution in [0, 0.1) is 0 Å². The van der Waals surface area contributed by atoms with Crippen molar-refractivity contribution in [3.8, 4) is 0 Å². The average molecular weight is 332 g/mol. The van der Waals surface area contributed by atoms with E-state index in [1.54, 1.807) is 12.1 Å². The van der Waals surface area contributed by atoms with Gasteiger partial charge < -0.3 is 10.2 Å². The number of isothiocyanates is 1. The summed E-state index contributed by atoms with van der Waals surface area (Å²) < 4.78 is 0. The van der Waals surface area contributed by atoms with E-state index in [1.165, 1.54) is 13.0 Å². The van der Waals surface area contributed by atoms with Crippen LogP contribution in [0.2, 0.25) is 5.02 Å². The summed E-state index contributed by atoms with van der Waals surface area (Å²) in [7, 11) is 0. The van der Waals surface area contributed by atoms with E-state index in [4.69, 9.17) is 11.6 Å². The average Bonchev–Trinajstić information content (AvgIpc) is 2.40. The Kier molecular flexibility index (Phi) is 7.37. The number of thioether (sulfide) groups is 1. The molecule has 1 aromatic rings. The topological polar surface area (TPSA) is 69.9 Å². The van der Waals surface area contributed by atoms with Gasteiger partial charge in [0, 0.05) is 12.7 Å². The van der Waals surface area contributed by atoms with Gasteiger partial charge >= 0.3 is 0 Å². The molecule has 0 fully saturated rings. The normalized spacial score (nSPS) is 13.4. The van der Waals surface area contributed by atoms with E-state index in [0.717, 1.165) is 11.8 Å². The first kappa shape index (κ1) is 17.3. The van der Waals surface area contributed by atoms with Gasteiger partial charge in [-0.1, -0.05) is 29.4 Å². The molecule has 0 aliphatic carbocycles. The first-order valence-corrected chi connectivity index (χ1v) is 7.59. The van der Waals surface area contributed by atoms with Crippen LogP contribution in [-0.4, -0.2) is 32.3 Å². The SMILES string of the molecule is CC(=O)SCCC(O)C(O)c1ccc(N=C=S)c(Cl)c1. The fraction of sp³-hybridized carbons (Fsp3) is 0.385. The molecule has 2 unspecified atom stereocenters. The quantitative estimate of drug-likeness (QED) is 0.619. The van der Waals surface area contributed by atoms with Crippen molar-refractivity contribution in [3.63, 3.8) is 0 Å². The summed E-state index contributed by atoms with van der Waals surface area (Å²) in [5, 5.41) is 22.4. The number of carbonyl (C=O) groups excluding carboxylic acids is 1. The molecule has 20 heavy (non-hydrogen) atoms. The van der Waals surface area contributed by atoms with Gasteiger partial charge in [-0.2, -0.15) is 4.99 Å². The van der Waals surface area contributed by atoms with Gasteiger partial charge in [-0.25, -0.2) is 0 Å². The van der Waals surface area contributed by atoms with Crippen LogP contribution in [0.25, 0.3) is 0 Å². The van der Waals surface area contributed by atoms with Gasteiger partial charge in [-0.3, -0.25) is 4.79 Å². The lowest BCUT2D eigenvalue weighted by Crippen LogP contribution is -2.19. The molecule has 7 heteroatoms. The number of hydrogen-bond acceptors (Lipinski definition) is 6. The number of benzene rings is 1. The molecule has 2 atom stereocenters. The number of aliphatic imine (C=N–C) groups is 1. The van der Waals surface area contributed by atoms with Crippen molar-refractivity contribution < 1.29 is 15.0 Å². The predicted octanol–water partition coefficient (Wildman–Crippen LogP) is 3.14. The van der Waals surface area contributed by atoms with Crippen molar-refractivity contribution in [3.05, 3.63) is 28.8 Å². The van der Waals surface area contributed by atoms with Gasteiger partial charge in [0.2, 0.25) is 0 Å². The maximum Gasteiger partial charge on any atom is 0.185 e. The van der Waals surface area contributed by atoms with E-state index < -0.39 is 12.2 Å². The number of nitrogens with zero attached hydrogens (tertiary/aromatic N) is 1. The highest BCUT2D eigenvalue weighted by atomic mass is 35.5. The summed E-state index contributed by atoms with van der Waals surface area (Å²) in [4.78, 5) is 14.6. The van der Waals surface area contributed by atoms with Crippen molar-refractivity contribution in [1.29, 1.82) is 0 Å². The molecule has 0 heterocycles. The van der Waals surface area contributed by atoms with Crippen molar-refractivity contribution in [2.45, 2.75) is 25.6 Å². The second-order valence-electron chi connectivity index (χ2n) is 4.05. The van der Waals surface area contributed by atoms with Crippen LogP contribution in [-0.2, 0) is 4.79 Å². The van der Waals surface area contributed by atoms with Crippen LogP contribution in [0.5, 0.6) is 0 Å². The van der Waals surface area contributed by atoms with Crippen LogP contribution < -0.4 is 0 Å². The molecule has 0 radical (unpaired) electrons. The molecule has 0 aromatic heterocycles. The van der Waals surface area contributed by atoms with E-state index in [0.29, 0.717) is 28.4 Å². The fourth-order valence-electron chi connectivity index (χ4n) is 1.55. The minimum absolute atomic E-state index is 0.0166. The van der Waals surface area contributed by atoms with Crippen molar-refractivity contribution in [2.24, 2.45) is 4.99 Å². The monoisotopic (exact) mass is 331 g/mol. The molecular weight excluding hydrogens is 318 g/mol. The second-order valence-corrected chi connectivity index (χ2v) is 5.92. The van der Waals surface area contributed by atoms with Crippen LogP contribution in [0.1, 0.15) is 25.0 Å². The Balaban J connectivity index is 2.71.